The van der Waals surface area contributed by atoms with Gasteiger partial charge in [0, 0.05) is 5.88 Å². The summed E-state index contributed by atoms with van der Waals surface area (Å²) in [6.45, 7) is 0. The summed E-state index contributed by atoms with van der Waals surface area (Å²) in [6, 6.07) is 2.93. The van der Waals surface area contributed by atoms with Crippen LogP contribution in [-0.4, -0.2) is 11.0 Å². The molecule has 16 heavy (non-hydrogen) atoms. The molecule has 0 aliphatic heterocycles. The van der Waals surface area contributed by atoms with Crippen LogP contribution < -0.4 is 0 Å². The van der Waals surface area contributed by atoms with Gasteiger partial charge in [-0.3, -0.25) is 0 Å². The van der Waals surface area contributed by atoms with E-state index in [-0.39, 0.29) is 0 Å². The van der Waals surface area contributed by atoms with Crippen LogP contribution in [0.2, 0.25) is 0 Å². The van der Waals surface area contributed by atoms with Crippen LogP contribution in [0.1, 0.15) is 17.5 Å². The summed E-state index contributed by atoms with van der Waals surface area (Å²) < 4.78 is 37.1. The van der Waals surface area contributed by atoms with Gasteiger partial charge in [-0.1, -0.05) is 12.2 Å². The maximum Gasteiger partial charge on any atom is 0.416 e. The highest BCUT2D eigenvalue weighted by Crippen LogP contribution is 2.32. The van der Waals surface area contributed by atoms with E-state index in [0.717, 1.165) is 6.07 Å². The Morgan fingerprint density at radius 2 is 1.94 bits per heavy atom. The molecule has 0 fully saturated rings. The molecule has 0 unspecified atom stereocenters. The van der Waals surface area contributed by atoms with Crippen molar-refractivity contribution in [1.29, 1.82) is 0 Å². The second kappa shape index (κ2) is 5.25. The fourth-order valence-corrected chi connectivity index (χ4v) is 1.30. The van der Waals surface area contributed by atoms with Gasteiger partial charge in [0.05, 0.1) is 5.56 Å². The van der Waals surface area contributed by atoms with Crippen LogP contribution in [0.3, 0.4) is 0 Å². The van der Waals surface area contributed by atoms with E-state index in [2.05, 4.69) is 0 Å². The summed E-state index contributed by atoms with van der Waals surface area (Å²) in [4.78, 5) is 0. The summed E-state index contributed by atoms with van der Waals surface area (Å²) in [6.07, 6.45) is -0.731. The van der Waals surface area contributed by atoms with E-state index in [1.54, 1.807) is 6.08 Å². The first-order chi connectivity index (χ1) is 7.43. The van der Waals surface area contributed by atoms with Gasteiger partial charge in [-0.25, -0.2) is 0 Å². The average molecular weight is 251 g/mol. The Balaban J connectivity index is 2.99. The van der Waals surface area contributed by atoms with Crippen LogP contribution in [-0.2, 0) is 6.18 Å². The first kappa shape index (κ1) is 12.9. The lowest BCUT2D eigenvalue weighted by Gasteiger charge is -2.08. The molecule has 0 spiro atoms. The predicted molar refractivity (Wildman–Crippen MR) is 57.5 cm³/mol. The third-order valence-electron chi connectivity index (χ3n) is 1.85. The average Bonchev–Trinajstić information content (AvgIpc) is 2.16. The van der Waals surface area contributed by atoms with Crippen LogP contribution in [0.5, 0.6) is 5.75 Å². The number of rotatable bonds is 3. The first-order valence-corrected chi connectivity index (χ1v) is 5.10. The molecule has 0 saturated carbocycles. The molecule has 0 saturated heterocycles. The number of benzene rings is 1. The topological polar surface area (TPSA) is 20.2 Å². The molecule has 0 atom stereocenters. The number of halogens is 4. The zero-order valence-electron chi connectivity index (χ0n) is 8.26. The van der Waals surface area contributed by atoms with E-state index >= 15 is 0 Å². The molecule has 1 rings (SSSR count). The number of alkyl halides is 4. The monoisotopic (exact) mass is 250 g/mol. The fraction of sp³-hybridized carbons (Fsp3) is 0.273. The van der Waals surface area contributed by atoms with Gasteiger partial charge < -0.3 is 5.11 Å². The summed E-state index contributed by atoms with van der Waals surface area (Å²) in [7, 11) is 0. The lowest BCUT2D eigenvalue weighted by Crippen LogP contribution is -2.04. The predicted octanol–water partition coefficient (Wildman–Crippen LogP) is 4.05. The Morgan fingerprint density at radius 1 is 1.25 bits per heavy atom. The maximum absolute atomic E-state index is 12.4. The molecule has 1 N–H and O–H groups in total. The molecule has 5 heteroatoms. The molecule has 0 aliphatic rings. The minimum Gasteiger partial charge on any atom is -0.508 e. The zero-order valence-corrected chi connectivity index (χ0v) is 9.02. The zero-order chi connectivity index (χ0) is 12.2. The second-order valence-electron chi connectivity index (χ2n) is 3.19. The summed E-state index contributed by atoms with van der Waals surface area (Å²) in [5, 5.41) is 9.15. The van der Waals surface area contributed by atoms with Crippen molar-refractivity contribution in [3.8, 4) is 5.75 Å². The number of aromatic hydroxyl groups is 1. The Kier molecular flexibility index (Phi) is 4.24. The van der Waals surface area contributed by atoms with E-state index in [0.29, 0.717) is 23.9 Å². The molecular formula is C11H10ClF3O. The molecule has 0 aromatic heterocycles. The molecule has 0 amide bonds. The van der Waals surface area contributed by atoms with Crippen molar-refractivity contribution in [2.75, 3.05) is 5.88 Å². The Hall–Kier alpha value is -1.16. The van der Waals surface area contributed by atoms with Gasteiger partial charge in [0.15, 0.2) is 0 Å². The Bertz CT molecular complexity index is 385. The lowest BCUT2D eigenvalue weighted by molar-refractivity contribution is -0.137. The molecule has 1 aromatic rings. The molecule has 88 valence electrons. The van der Waals surface area contributed by atoms with Gasteiger partial charge in [0.25, 0.3) is 0 Å². The van der Waals surface area contributed by atoms with Crippen LogP contribution in [0.25, 0.3) is 6.08 Å². The van der Waals surface area contributed by atoms with Crippen molar-refractivity contribution < 1.29 is 18.3 Å². The summed E-state index contributed by atoms with van der Waals surface area (Å²) in [5.74, 6) is 0.00175. The summed E-state index contributed by atoms with van der Waals surface area (Å²) in [5.41, 5.74) is -0.560. The number of allylic oxidation sites excluding steroid dienone is 1. The van der Waals surface area contributed by atoms with Gasteiger partial charge in [-0.15, -0.1) is 11.6 Å². The second-order valence-corrected chi connectivity index (χ2v) is 3.57. The van der Waals surface area contributed by atoms with E-state index in [9.17, 15) is 13.2 Å². The van der Waals surface area contributed by atoms with E-state index in [1.807, 2.05) is 0 Å². The summed E-state index contributed by atoms with van der Waals surface area (Å²) >= 11 is 5.42. The van der Waals surface area contributed by atoms with Crippen LogP contribution in [0, 0.1) is 0 Å². The molecule has 1 nitrogen and oxygen atoms in total. The minimum atomic E-state index is -4.45. The van der Waals surface area contributed by atoms with Gasteiger partial charge in [-0.2, -0.15) is 13.2 Å². The van der Waals surface area contributed by atoms with Gasteiger partial charge in [0.1, 0.15) is 5.75 Å². The van der Waals surface area contributed by atoms with Crippen LogP contribution >= 0.6 is 11.6 Å². The van der Waals surface area contributed by atoms with Crippen molar-refractivity contribution in [1.82, 2.24) is 0 Å². The maximum atomic E-state index is 12.4. The van der Waals surface area contributed by atoms with E-state index in [1.165, 1.54) is 12.1 Å². The largest absolute Gasteiger partial charge is 0.508 e. The molecule has 0 aliphatic carbocycles. The van der Waals surface area contributed by atoms with Crippen molar-refractivity contribution in [3.05, 3.63) is 35.4 Å². The molecule has 0 heterocycles. The van der Waals surface area contributed by atoms with Gasteiger partial charge in [0.2, 0.25) is 0 Å². The van der Waals surface area contributed by atoms with Gasteiger partial charge in [-0.05, 0) is 30.2 Å². The number of hydrogen-bond donors (Lipinski definition) is 1. The molecule has 1 aromatic carbocycles. The third-order valence-corrected chi connectivity index (χ3v) is 2.07. The Labute approximate surface area is 96.2 Å². The van der Waals surface area contributed by atoms with Crippen LogP contribution in [0.15, 0.2) is 24.3 Å². The molecule has 0 radical (unpaired) electrons. The highest BCUT2D eigenvalue weighted by atomic mass is 35.5. The minimum absolute atomic E-state index is 0.303. The van der Waals surface area contributed by atoms with Crippen molar-refractivity contribution >= 4 is 17.7 Å². The number of phenols is 1. The van der Waals surface area contributed by atoms with Crippen LogP contribution in [0.4, 0.5) is 13.2 Å². The van der Waals surface area contributed by atoms with E-state index < -0.39 is 17.5 Å². The normalized spacial score (nSPS) is 12.2. The molecular weight excluding hydrogens is 241 g/mol. The highest BCUT2D eigenvalue weighted by Gasteiger charge is 2.31. The lowest BCUT2D eigenvalue weighted by atomic mass is 10.1. The first-order valence-electron chi connectivity index (χ1n) is 4.57. The Morgan fingerprint density at radius 3 is 2.50 bits per heavy atom. The van der Waals surface area contributed by atoms with Crippen molar-refractivity contribution in [2.45, 2.75) is 12.6 Å². The quantitative estimate of drug-likeness (QED) is 0.803. The van der Waals surface area contributed by atoms with Crippen molar-refractivity contribution in [2.24, 2.45) is 0 Å². The van der Waals surface area contributed by atoms with Gasteiger partial charge >= 0.3 is 6.18 Å². The van der Waals surface area contributed by atoms with E-state index in [4.69, 9.17) is 16.7 Å². The standard InChI is InChI=1S/C11H10ClF3O/c12-4-2-1-3-8-5-9(11(13,14)15)7-10(16)6-8/h1,3,5-7,16H,2,4H2. The number of hydrogen-bond acceptors (Lipinski definition) is 1. The smallest absolute Gasteiger partial charge is 0.416 e. The van der Waals surface area contributed by atoms with Crippen molar-refractivity contribution in [3.63, 3.8) is 0 Å². The molecule has 0 bridgehead atoms. The number of phenolic OH excluding ortho intramolecular Hbond substituents is 1. The highest BCUT2D eigenvalue weighted by molar-refractivity contribution is 6.17. The SMILES string of the molecule is Oc1cc(C=CCCCl)cc(C(F)(F)F)c1. The fourth-order valence-electron chi connectivity index (χ4n) is 1.18. The third kappa shape index (κ3) is 3.77.